The maximum absolute atomic E-state index is 14.4. The van der Waals surface area contributed by atoms with Gasteiger partial charge in [-0.2, -0.15) is 4.31 Å². The van der Waals surface area contributed by atoms with Crippen LogP contribution in [-0.4, -0.2) is 58.0 Å². The predicted molar refractivity (Wildman–Crippen MR) is 104 cm³/mol. The standard InChI is InChI=1S/C12H17ClFN4O12P3/c1-12(13)8(19)6(3-27-32(23,24)30-33(25,26)29-31(20,21)22)28-11(12)18-2-5(14)7-9(15)16-4-17-10(7)18/h2,4,6,8,11,19H,3H2,1H3,(H,23,24)(H,25,26)(H2,15,16,17)(H2,20,21,22)/p-1/t6-,8-,11-,12-/m1/s1. The molecule has 0 amide bonds. The number of nitrogens with zero attached hydrogens (tertiary/aromatic N) is 3. The molecule has 3 unspecified atom stereocenters. The molecule has 0 spiro atoms. The lowest BCUT2D eigenvalue weighted by molar-refractivity contribution is -0.212. The highest BCUT2D eigenvalue weighted by atomic mass is 35.5. The Morgan fingerprint density at radius 2 is 1.94 bits per heavy atom. The van der Waals surface area contributed by atoms with Gasteiger partial charge in [-0.25, -0.2) is 27.8 Å². The van der Waals surface area contributed by atoms with E-state index in [1.54, 1.807) is 0 Å². The van der Waals surface area contributed by atoms with Gasteiger partial charge in [0.2, 0.25) is 0 Å². The zero-order chi connectivity index (χ0) is 25.0. The van der Waals surface area contributed by atoms with Gasteiger partial charge in [-0.05, 0) is 6.92 Å². The van der Waals surface area contributed by atoms with Crippen molar-refractivity contribution in [3.63, 3.8) is 0 Å². The molecule has 1 aliphatic rings. The fraction of sp³-hybridized carbons (Fsp3) is 0.500. The number of ether oxygens (including phenoxy) is 1. The molecule has 1 aliphatic heterocycles. The zero-order valence-electron chi connectivity index (χ0n) is 16.2. The highest BCUT2D eigenvalue weighted by molar-refractivity contribution is 7.66. The first-order valence-corrected chi connectivity index (χ1v) is 13.4. The molecule has 1 fully saturated rings. The number of aliphatic hydroxyl groups excluding tert-OH is 1. The van der Waals surface area contributed by atoms with Crippen LogP contribution in [0.3, 0.4) is 0 Å². The lowest BCUT2D eigenvalue weighted by Gasteiger charge is -2.26. The maximum atomic E-state index is 14.4. The number of fused-ring (bicyclic) bond motifs is 1. The van der Waals surface area contributed by atoms with Crippen molar-refractivity contribution in [2.45, 2.75) is 30.2 Å². The second-order valence-electron chi connectivity index (χ2n) is 6.83. The Hall–Kier alpha value is -1.03. The lowest BCUT2D eigenvalue weighted by Crippen LogP contribution is -2.39. The number of aromatic nitrogens is 3. The van der Waals surface area contributed by atoms with Crippen LogP contribution in [0.15, 0.2) is 12.5 Å². The lowest BCUT2D eigenvalue weighted by atomic mass is 10.0. The molecule has 0 radical (unpaired) electrons. The molecule has 33 heavy (non-hydrogen) atoms. The van der Waals surface area contributed by atoms with Crippen molar-refractivity contribution in [2.24, 2.45) is 0 Å². The Morgan fingerprint density at radius 1 is 1.30 bits per heavy atom. The van der Waals surface area contributed by atoms with E-state index in [2.05, 4.69) is 23.1 Å². The quantitative estimate of drug-likeness (QED) is 0.214. The van der Waals surface area contributed by atoms with Crippen LogP contribution in [0.5, 0.6) is 0 Å². The van der Waals surface area contributed by atoms with Crippen molar-refractivity contribution in [1.29, 1.82) is 0 Å². The first-order chi connectivity index (χ1) is 14.9. The van der Waals surface area contributed by atoms with Crippen molar-refractivity contribution in [3.8, 4) is 0 Å². The van der Waals surface area contributed by atoms with Crippen molar-refractivity contribution in [2.75, 3.05) is 12.3 Å². The number of phosphoric ester groups is 1. The summed E-state index contributed by atoms with van der Waals surface area (Å²) in [6.45, 7) is 0.316. The Balaban J connectivity index is 1.78. The van der Waals surface area contributed by atoms with Gasteiger partial charge in [0, 0.05) is 6.20 Å². The molecular formula is C12H16ClFN4O12P3-. The average Bonchev–Trinajstić information content (AvgIpc) is 3.06. The van der Waals surface area contributed by atoms with E-state index in [1.165, 1.54) is 6.92 Å². The van der Waals surface area contributed by atoms with Crippen LogP contribution in [0, 0.1) is 5.82 Å². The molecule has 0 aromatic carbocycles. The van der Waals surface area contributed by atoms with Gasteiger partial charge in [-0.1, -0.05) is 0 Å². The van der Waals surface area contributed by atoms with Crippen molar-refractivity contribution in [1.82, 2.24) is 14.5 Å². The minimum Gasteiger partial charge on any atom is -0.756 e. The number of rotatable bonds is 8. The van der Waals surface area contributed by atoms with Gasteiger partial charge < -0.3 is 39.7 Å². The Bertz CT molecular complexity index is 1210. The average molecular weight is 556 g/mol. The zero-order valence-corrected chi connectivity index (χ0v) is 19.6. The summed E-state index contributed by atoms with van der Waals surface area (Å²) >= 11 is 6.38. The van der Waals surface area contributed by atoms with Crippen molar-refractivity contribution >= 4 is 51.9 Å². The number of halogens is 2. The van der Waals surface area contributed by atoms with Crippen LogP contribution in [0.1, 0.15) is 13.2 Å². The molecular weight excluding hydrogens is 540 g/mol. The van der Waals surface area contributed by atoms with E-state index < -0.39 is 59.2 Å². The van der Waals surface area contributed by atoms with Crippen LogP contribution in [0.2, 0.25) is 0 Å². The molecule has 0 saturated carbocycles. The first-order valence-electron chi connectivity index (χ1n) is 8.49. The summed E-state index contributed by atoms with van der Waals surface area (Å²) < 4.78 is 66.3. The van der Waals surface area contributed by atoms with Crippen LogP contribution in [0.4, 0.5) is 10.2 Å². The topological polar surface area (TPSA) is 249 Å². The molecule has 2 aromatic rings. The second-order valence-corrected chi connectivity index (χ2v) is 12.0. The number of nitrogens with two attached hydrogens (primary N) is 1. The first kappa shape index (κ1) is 26.6. The third-order valence-corrected chi connectivity index (χ3v) is 8.56. The molecule has 0 aliphatic carbocycles. The van der Waals surface area contributed by atoms with Gasteiger partial charge >= 0.3 is 15.6 Å². The summed E-state index contributed by atoms with van der Waals surface area (Å²) in [5.41, 5.74) is 5.61. The fourth-order valence-electron chi connectivity index (χ4n) is 3.06. The molecule has 16 nitrogen and oxygen atoms in total. The molecule has 3 rings (SSSR count). The third kappa shape index (κ3) is 5.80. The highest BCUT2D eigenvalue weighted by Crippen LogP contribution is 2.65. The molecule has 7 atom stereocenters. The van der Waals surface area contributed by atoms with Gasteiger partial charge in [-0.3, -0.25) is 9.09 Å². The summed E-state index contributed by atoms with van der Waals surface area (Å²) in [5, 5.41) is 10.4. The van der Waals surface area contributed by atoms with E-state index in [0.717, 1.165) is 17.1 Å². The van der Waals surface area contributed by atoms with Gasteiger partial charge in [0.15, 0.2) is 17.7 Å². The van der Waals surface area contributed by atoms with E-state index in [9.17, 15) is 33.0 Å². The highest BCUT2D eigenvalue weighted by Gasteiger charge is 2.54. The van der Waals surface area contributed by atoms with Crippen LogP contribution < -0.4 is 10.6 Å². The van der Waals surface area contributed by atoms with Crippen molar-refractivity contribution < 1.29 is 60.6 Å². The van der Waals surface area contributed by atoms with E-state index in [0.29, 0.717) is 0 Å². The van der Waals surface area contributed by atoms with Gasteiger partial charge in [0.25, 0.3) is 7.82 Å². The van der Waals surface area contributed by atoms with Crippen LogP contribution >= 0.6 is 35.1 Å². The summed E-state index contributed by atoms with van der Waals surface area (Å²) in [6.07, 6.45) is -2.44. The molecule has 3 heterocycles. The largest absolute Gasteiger partial charge is 0.756 e. The molecule has 2 aromatic heterocycles. The number of nitrogen functional groups attached to an aromatic ring is 1. The number of phosphoric acid groups is 3. The van der Waals surface area contributed by atoms with Gasteiger partial charge in [-0.15, -0.1) is 11.6 Å². The SMILES string of the molecule is C[C@@]1(Cl)[C@H](O)[C@@H](COP(=O)(O)OP(=O)(O)OP(=O)([O-])O)O[C@H]1n1cc(F)c2c(N)ncnc21. The number of aliphatic hydroxyl groups is 1. The molecule has 1 saturated heterocycles. The molecule has 186 valence electrons. The van der Waals surface area contributed by atoms with E-state index in [-0.39, 0.29) is 16.9 Å². The Labute approximate surface area is 188 Å². The molecule has 6 N–H and O–H groups in total. The maximum Gasteiger partial charge on any atom is 0.487 e. The van der Waals surface area contributed by atoms with Crippen LogP contribution in [-0.2, 0) is 31.6 Å². The Kier molecular flexibility index (Phi) is 7.15. The van der Waals surface area contributed by atoms with E-state index in [1.807, 2.05) is 0 Å². The van der Waals surface area contributed by atoms with Crippen LogP contribution in [0.25, 0.3) is 11.0 Å². The van der Waals surface area contributed by atoms with E-state index >= 15 is 0 Å². The van der Waals surface area contributed by atoms with E-state index in [4.69, 9.17) is 31.9 Å². The summed E-state index contributed by atoms with van der Waals surface area (Å²) in [7, 11) is -17.1. The Morgan fingerprint density at radius 3 is 2.55 bits per heavy atom. The fourth-order valence-corrected chi connectivity index (χ4v) is 6.35. The minimum absolute atomic E-state index is 0.0359. The normalized spacial score (nSPS) is 31.2. The van der Waals surface area contributed by atoms with Crippen molar-refractivity contribution in [3.05, 3.63) is 18.3 Å². The number of alkyl halides is 1. The molecule has 0 bridgehead atoms. The summed E-state index contributed by atoms with van der Waals surface area (Å²) in [4.78, 5) is 43.5. The predicted octanol–water partition coefficient (Wildman–Crippen LogP) is 0.120. The number of anilines is 1. The number of hydrogen-bond donors (Lipinski definition) is 5. The smallest absolute Gasteiger partial charge is 0.487 e. The number of hydrogen-bond acceptors (Lipinski definition) is 12. The second kappa shape index (κ2) is 8.88. The monoisotopic (exact) mass is 555 g/mol. The van der Waals surface area contributed by atoms with Gasteiger partial charge in [0.05, 0.1) is 12.0 Å². The summed E-state index contributed by atoms with van der Waals surface area (Å²) in [5.74, 6) is -0.995. The van der Waals surface area contributed by atoms with Gasteiger partial charge in [0.1, 0.15) is 29.2 Å². The third-order valence-electron chi connectivity index (χ3n) is 4.38. The summed E-state index contributed by atoms with van der Waals surface area (Å²) in [6, 6.07) is 0. The minimum atomic E-state index is -5.81. The molecule has 21 heteroatoms.